The first-order valence-corrected chi connectivity index (χ1v) is 13.6. The van der Waals surface area contributed by atoms with Crippen molar-refractivity contribution in [2.24, 2.45) is 0 Å². The van der Waals surface area contributed by atoms with Crippen LogP contribution in [0.15, 0.2) is 60.8 Å². The largest absolute Gasteiger partial charge is 0.457 e. The van der Waals surface area contributed by atoms with Gasteiger partial charge in [0, 0.05) is 25.2 Å². The fourth-order valence-electron chi connectivity index (χ4n) is 5.33. The first kappa shape index (κ1) is 24.9. The van der Waals surface area contributed by atoms with Crippen molar-refractivity contribution in [2.45, 2.75) is 45.2 Å². The molecule has 0 spiro atoms. The summed E-state index contributed by atoms with van der Waals surface area (Å²) < 4.78 is 5.96. The van der Waals surface area contributed by atoms with Crippen LogP contribution in [-0.4, -0.2) is 34.9 Å². The predicted molar refractivity (Wildman–Crippen MR) is 151 cm³/mol. The van der Waals surface area contributed by atoms with Crippen molar-refractivity contribution in [3.63, 3.8) is 0 Å². The smallest absolute Gasteiger partial charge is 0.331 e. The van der Waals surface area contributed by atoms with Crippen LogP contribution in [0.25, 0.3) is 10.2 Å². The molecule has 39 heavy (non-hydrogen) atoms. The zero-order valence-corrected chi connectivity index (χ0v) is 22.3. The van der Waals surface area contributed by atoms with Gasteiger partial charge in [0.2, 0.25) is 5.91 Å². The molecule has 10 heteroatoms. The lowest BCUT2D eigenvalue weighted by atomic mass is 10.1. The van der Waals surface area contributed by atoms with Crippen molar-refractivity contribution >= 4 is 56.5 Å². The third-order valence-electron chi connectivity index (χ3n) is 7.02. The van der Waals surface area contributed by atoms with Crippen molar-refractivity contribution in [1.82, 2.24) is 15.6 Å². The Bertz CT molecular complexity index is 1600. The molecule has 2 atom stereocenters. The molecule has 1 aliphatic carbocycles. The van der Waals surface area contributed by atoms with Crippen molar-refractivity contribution in [3.8, 4) is 11.5 Å². The molecule has 2 aliphatic rings. The lowest BCUT2D eigenvalue weighted by molar-refractivity contribution is -0.119. The van der Waals surface area contributed by atoms with Crippen LogP contribution in [0, 0.1) is 6.92 Å². The van der Waals surface area contributed by atoms with Gasteiger partial charge in [-0.2, -0.15) is 0 Å². The molecule has 9 nitrogen and oxygen atoms in total. The third-order valence-corrected chi connectivity index (χ3v) is 8.11. The number of carbonyl (C=O) groups is 3. The summed E-state index contributed by atoms with van der Waals surface area (Å²) in [6.45, 7) is 3.43. The number of ether oxygens (including phenoxy) is 1. The standard InChI is InChI=1S/C29H27N5O4S/c1-16-14-21(38-20-6-4-3-5-7-20)10-11-22(16)34-23-12-13-30-28-24(23)25(33-29(34)37)26(39-28)27(36)32-19-9-8-18(15-19)31-17(2)35/h3-7,10-14,18-19H,8-9,15H2,1-2H3,(H,31,35)(H,32,36)(H,33,37)/t18-,19-/m0/s1. The molecule has 0 unspecified atom stereocenters. The Kier molecular flexibility index (Phi) is 6.40. The average molecular weight is 542 g/mol. The fourth-order valence-corrected chi connectivity index (χ4v) is 6.35. The van der Waals surface area contributed by atoms with Gasteiger partial charge >= 0.3 is 6.03 Å². The molecule has 0 bridgehead atoms. The minimum atomic E-state index is -0.353. The summed E-state index contributed by atoms with van der Waals surface area (Å²) in [7, 11) is 0. The highest BCUT2D eigenvalue weighted by Gasteiger charge is 2.34. The van der Waals surface area contributed by atoms with E-state index < -0.39 is 0 Å². The second kappa shape index (κ2) is 10.0. The molecule has 3 N–H and O–H groups in total. The molecule has 0 radical (unpaired) electrons. The lowest BCUT2D eigenvalue weighted by Crippen LogP contribution is -2.37. The summed E-state index contributed by atoms with van der Waals surface area (Å²) in [5, 5.41) is 9.69. The molecule has 3 heterocycles. The molecule has 1 fully saturated rings. The molecule has 1 saturated carbocycles. The molecule has 2 aromatic heterocycles. The zero-order chi connectivity index (χ0) is 27.1. The molecule has 1 aliphatic heterocycles. The highest BCUT2D eigenvalue weighted by atomic mass is 32.1. The van der Waals surface area contributed by atoms with Crippen LogP contribution in [0.2, 0.25) is 0 Å². The number of rotatable bonds is 6. The Labute approximate surface area is 229 Å². The second-order valence-corrected chi connectivity index (χ2v) is 10.8. The number of amides is 4. The number of nitrogens with one attached hydrogen (secondary N) is 3. The van der Waals surface area contributed by atoms with Crippen LogP contribution < -0.4 is 25.6 Å². The van der Waals surface area contributed by atoms with Gasteiger partial charge in [0.1, 0.15) is 21.2 Å². The molecular weight excluding hydrogens is 514 g/mol. The number of thiophene rings is 1. The maximum Gasteiger partial charge on any atom is 0.331 e. The van der Waals surface area contributed by atoms with Crippen LogP contribution in [0.5, 0.6) is 11.5 Å². The van der Waals surface area contributed by atoms with E-state index in [0.717, 1.165) is 29.5 Å². The van der Waals surface area contributed by atoms with E-state index in [1.165, 1.54) is 18.3 Å². The molecule has 2 aromatic carbocycles. The minimum Gasteiger partial charge on any atom is -0.457 e. The number of aromatic nitrogens is 1. The third kappa shape index (κ3) is 4.79. The Balaban J connectivity index is 1.28. The summed E-state index contributed by atoms with van der Waals surface area (Å²) in [5.41, 5.74) is 2.71. The van der Waals surface area contributed by atoms with Crippen LogP contribution in [-0.2, 0) is 4.79 Å². The van der Waals surface area contributed by atoms with E-state index in [-0.39, 0.29) is 29.9 Å². The monoisotopic (exact) mass is 541 g/mol. The summed E-state index contributed by atoms with van der Waals surface area (Å²) in [6, 6.07) is 16.6. The van der Waals surface area contributed by atoms with Gasteiger partial charge in [0.15, 0.2) is 0 Å². The first-order valence-electron chi connectivity index (χ1n) is 12.8. The summed E-state index contributed by atoms with van der Waals surface area (Å²) in [5.74, 6) is 1.08. The quantitative estimate of drug-likeness (QED) is 0.283. The molecule has 4 aromatic rings. The number of hydrogen-bond acceptors (Lipinski definition) is 6. The van der Waals surface area contributed by atoms with Gasteiger partial charge in [0.25, 0.3) is 5.91 Å². The zero-order valence-electron chi connectivity index (χ0n) is 21.5. The fraction of sp³-hybridized carbons (Fsp3) is 0.241. The Morgan fingerprint density at radius 3 is 2.54 bits per heavy atom. The van der Waals surface area contributed by atoms with Crippen LogP contribution >= 0.6 is 11.3 Å². The van der Waals surface area contributed by atoms with E-state index >= 15 is 0 Å². The van der Waals surface area contributed by atoms with E-state index in [0.29, 0.717) is 38.9 Å². The van der Waals surface area contributed by atoms with Gasteiger partial charge in [-0.3, -0.25) is 14.5 Å². The molecular formula is C29H27N5O4S. The Hall–Kier alpha value is -4.44. The number of aryl methyl sites for hydroxylation is 1. The first-order chi connectivity index (χ1) is 18.9. The predicted octanol–water partition coefficient (Wildman–Crippen LogP) is 5.87. The Morgan fingerprint density at radius 2 is 1.79 bits per heavy atom. The topological polar surface area (TPSA) is 113 Å². The van der Waals surface area contributed by atoms with Crippen LogP contribution in [0.4, 0.5) is 21.9 Å². The van der Waals surface area contributed by atoms with Gasteiger partial charge in [-0.15, -0.1) is 11.3 Å². The van der Waals surface area contributed by atoms with Crippen molar-refractivity contribution in [1.29, 1.82) is 0 Å². The SMILES string of the molecule is CC(=O)N[C@H]1CC[C@H](NC(=O)c2sc3nccc4c3c2NC(=O)N4c2ccc(Oc3ccccc3)cc2C)C1. The number of para-hydroxylation sites is 1. The number of anilines is 3. The maximum atomic E-state index is 13.5. The number of urea groups is 1. The van der Waals surface area contributed by atoms with Gasteiger partial charge < -0.3 is 20.7 Å². The van der Waals surface area contributed by atoms with E-state index in [2.05, 4.69) is 20.9 Å². The van der Waals surface area contributed by atoms with Crippen LogP contribution in [0.3, 0.4) is 0 Å². The molecule has 198 valence electrons. The van der Waals surface area contributed by atoms with E-state index in [4.69, 9.17) is 4.74 Å². The number of carbonyl (C=O) groups excluding carboxylic acids is 3. The number of nitrogens with zero attached hydrogens (tertiary/aromatic N) is 2. The summed E-state index contributed by atoms with van der Waals surface area (Å²) in [6.07, 6.45) is 3.93. The number of pyridine rings is 1. The second-order valence-electron chi connectivity index (χ2n) is 9.83. The normalized spacial score (nSPS) is 18.1. The summed E-state index contributed by atoms with van der Waals surface area (Å²) in [4.78, 5) is 45.4. The lowest BCUT2D eigenvalue weighted by Gasteiger charge is -2.29. The highest BCUT2D eigenvalue weighted by molar-refractivity contribution is 7.21. The van der Waals surface area contributed by atoms with Crippen molar-refractivity contribution < 1.29 is 19.1 Å². The average Bonchev–Trinajstić information content (AvgIpc) is 3.50. The van der Waals surface area contributed by atoms with Crippen LogP contribution in [0.1, 0.15) is 41.4 Å². The highest BCUT2D eigenvalue weighted by Crippen LogP contribution is 2.46. The Morgan fingerprint density at radius 1 is 1.03 bits per heavy atom. The van der Waals surface area contributed by atoms with Gasteiger partial charge in [-0.25, -0.2) is 9.78 Å². The van der Waals surface area contributed by atoms with Crippen molar-refractivity contribution in [2.75, 3.05) is 10.2 Å². The van der Waals surface area contributed by atoms with Gasteiger partial charge in [0.05, 0.1) is 22.4 Å². The van der Waals surface area contributed by atoms with E-state index in [1.807, 2.05) is 55.5 Å². The number of benzene rings is 2. The van der Waals surface area contributed by atoms with Gasteiger partial charge in [-0.05, 0) is 68.1 Å². The summed E-state index contributed by atoms with van der Waals surface area (Å²) >= 11 is 1.26. The van der Waals surface area contributed by atoms with E-state index in [9.17, 15) is 14.4 Å². The number of hydrogen-bond donors (Lipinski definition) is 3. The minimum absolute atomic E-state index is 0.0470. The molecule has 6 rings (SSSR count). The van der Waals surface area contributed by atoms with Gasteiger partial charge in [-0.1, -0.05) is 18.2 Å². The van der Waals surface area contributed by atoms with E-state index in [1.54, 1.807) is 17.2 Å². The van der Waals surface area contributed by atoms with Crippen molar-refractivity contribution in [3.05, 3.63) is 71.2 Å². The maximum absolute atomic E-state index is 13.5. The molecule has 0 saturated heterocycles. The molecule has 4 amide bonds.